The van der Waals surface area contributed by atoms with Crippen LogP contribution in [0, 0.1) is 0 Å². The number of nitrogens with one attached hydrogen (secondary N) is 2. The quantitative estimate of drug-likeness (QED) is 0.430. The molecule has 156 valence electrons. The lowest BCUT2D eigenvalue weighted by molar-refractivity contribution is -0.139. The van der Waals surface area contributed by atoms with Crippen LogP contribution in [-0.2, 0) is 9.59 Å². The van der Waals surface area contributed by atoms with Crippen LogP contribution in [0.4, 0.5) is 0 Å². The van der Waals surface area contributed by atoms with Crippen molar-refractivity contribution in [3.8, 4) is 17.2 Å². The number of fused-ring (bicyclic) bond motifs is 1. The van der Waals surface area contributed by atoms with Crippen molar-refractivity contribution >= 4 is 24.0 Å². The number of carbonyl (C=O) groups is 3. The van der Waals surface area contributed by atoms with Crippen molar-refractivity contribution in [3.05, 3.63) is 53.6 Å². The van der Waals surface area contributed by atoms with E-state index in [1.165, 1.54) is 6.21 Å². The molecule has 1 aliphatic rings. The fourth-order valence-corrected chi connectivity index (χ4v) is 2.52. The van der Waals surface area contributed by atoms with Crippen molar-refractivity contribution < 1.29 is 33.7 Å². The molecule has 0 aromatic heterocycles. The minimum atomic E-state index is -1.11. The first-order chi connectivity index (χ1) is 14.5. The fourth-order valence-electron chi connectivity index (χ4n) is 2.52. The van der Waals surface area contributed by atoms with Crippen LogP contribution < -0.4 is 25.0 Å². The number of carboxylic acids is 1. The lowest BCUT2D eigenvalue weighted by Crippen LogP contribution is -2.35. The predicted molar refractivity (Wildman–Crippen MR) is 105 cm³/mol. The van der Waals surface area contributed by atoms with E-state index in [0.717, 1.165) is 0 Å². The van der Waals surface area contributed by atoms with E-state index in [1.54, 1.807) is 42.5 Å². The number of ether oxygens (including phenoxy) is 3. The van der Waals surface area contributed by atoms with E-state index >= 15 is 0 Å². The minimum Gasteiger partial charge on any atom is -0.486 e. The monoisotopic (exact) mass is 413 g/mol. The van der Waals surface area contributed by atoms with Crippen molar-refractivity contribution in [3.63, 3.8) is 0 Å². The fraction of sp³-hybridized carbons (Fsp3) is 0.200. The molecule has 30 heavy (non-hydrogen) atoms. The molecule has 2 amide bonds. The van der Waals surface area contributed by atoms with Crippen molar-refractivity contribution in [2.24, 2.45) is 5.10 Å². The van der Waals surface area contributed by atoms with Crippen molar-refractivity contribution in [1.29, 1.82) is 0 Å². The third kappa shape index (κ3) is 5.71. The molecule has 10 heteroatoms. The summed E-state index contributed by atoms with van der Waals surface area (Å²) in [4.78, 5) is 34.7. The average molecular weight is 413 g/mol. The second-order valence-corrected chi connectivity index (χ2v) is 6.05. The Morgan fingerprint density at radius 2 is 1.87 bits per heavy atom. The highest BCUT2D eigenvalue weighted by Gasteiger charge is 2.15. The Hall–Kier alpha value is -4.08. The Morgan fingerprint density at radius 1 is 1.10 bits per heavy atom. The molecular formula is C20H19N3O7. The number of hydrazone groups is 1. The number of hydrogen-bond acceptors (Lipinski definition) is 7. The first kappa shape index (κ1) is 20.6. The maximum atomic E-state index is 12.2. The Morgan fingerprint density at radius 3 is 2.67 bits per heavy atom. The highest BCUT2D eigenvalue weighted by atomic mass is 16.6. The molecule has 0 aliphatic carbocycles. The number of rotatable bonds is 8. The number of aliphatic carboxylic acids is 1. The summed E-state index contributed by atoms with van der Waals surface area (Å²) < 4.78 is 16.0. The third-order valence-corrected chi connectivity index (χ3v) is 3.88. The SMILES string of the molecule is O=C(O)COc1ccccc1C=NNC(=O)CNC(=O)c1ccc2c(c1)OCCO2. The van der Waals surface area contributed by atoms with Gasteiger partial charge in [-0.15, -0.1) is 0 Å². The van der Waals surface area contributed by atoms with Crippen molar-refractivity contribution in [2.75, 3.05) is 26.4 Å². The highest BCUT2D eigenvalue weighted by Crippen LogP contribution is 2.30. The summed E-state index contributed by atoms with van der Waals surface area (Å²) in [6, 6.07) is 11.4. The van der Waals surface area contributed by atoms with Crippen molar-refractivity contribution in [2.45, 2.75) is 0 Å². The van der Waals surface area contributed by atoms with Crippen LogP contribution in [0.3, 0.4) is 0 Å². The largest absolute Gasteiger partial charge is 0.486 e. The van der Waals surface area contributed by atoms with Gasteiger partial charge in [0.1, 0.15) is 19.0 Å². The summed E-state index contributed by atoms with van der Waals surface area (Å²) in [7, 11) is 0. The number of amides is 2. The van der Waals surface area contributed by atoms with Crippen LogP contribution in [0.15, 0.2) is 47.6 Å². The molecule has 10 nitrogen and oxygen atoms in total. The van der Waals surface area contributed by atoms with Gasteiger partial charge in [-0.2, -0.15) is 5.10 Å². The van der Waals surface area contributed by atoms with E-state index in [2.05, 4.69) is 15.8 Å². The zero-order valence-corrected chi connectivity index (χ0v) is 15.8. The Kier molecular flexibility index (Phi) is 6.83. The van der Waals surface area contributed by atoms with Crippen LogP contribution >= 0.6 is 0 Å². The van der Waals surface area contributed by atoms with Crippen LogP contribution in [0.1, 0.15) is 15.9 Å². The second kappa shape index (κ2) is 9.92. The van der Waals surface area contributed by atoms with Gasteiger partial charge in [-0.25, -0.2) is 10.2 Å². The van der Waals surface area contributed by atoms with E-state index in [9.17, 15) is 14.4 Å². The topological polar surface area (TPSA) is 136 Å². The molecule has 0 spiro atoms. The Bertz CT molecular complexity index is 975. The molecule has 0 saturated heterocycles. The van der Waals surface area contributed by atoms with Gasteiger partial charge in [0.25, 0.3) is 11.8 Å². The summed E-state index contributed by atoms with van der Waals surface area (Å²) in [5.41, 5.74) is 3.10. The van der Waals surface area contributed by atoms with Crippen molar-refractivity contribution in [1.82, 2.24) is 10.7 Å². The standard InChI is InChI=1S/C20H19N3O7/c24-18(23-22-10-14-3-1-2-4-15(14)30-12-19(25)26)11-21-20(27)13-5-6-16-17(9-13)29-8-7-28-16/h1-6,9-10H,7-8,11-12H2,(H,21,27)(H,23,24)(H,25,26). The number of carboxylic acid groups (broad SMARTS) is 1. The van der Waals surface area contributed by atoms with Crippen LogP contribution in [-0.4, -0.2) is 55.5 Å². The summed E-state index contributed by atoms with van der Waals surface area (Å²) in [6.07, 6.45) is 1.32. The minimum absolute atomic E-state index is 0.290. The van der Waals surface area contributed by atoms with Crippen LogP contribution in [0.2, 0.25) is 0 Å². The first-order valence-corrected chi connectivity index (χ1v) is 8.96. The van der Waals surface area contributed by atoms with Gasteiger partial charge in [0.15, 0.2) is 18.1 Å². The molecule has 3 N–H and O–H groups in total. The van der Waals surface area contributed by atoms with Gasteiger partial charge in [-0.05, 0) is 30.3 Å². The maximum absolute atomic E-state index is 12.2. The number of hydrogen-bond donors (Lipinski definition) is 3. The lowest BCUT2D eigenvalue weighted by Gasteiger charge is -2.18. The summed E-state index contributed by atoms with van der Waals surface area (Å²) in [5.74, 6) is -0.738. The Balaban J connectivity index is 1.49. The van der Waals surface area contributed by atoms with E-state index < -0.39 is 24.4 Å². The molecule has 0 unspecified atom stereocenters. The molecule has 1 aliphatic heterocycles. The maximum Gasteiger partial charge on any atom is 0.341 e. The van der Waals surface area contributed by atoms with E-state index in [0.29, 0.717) is 41.6 Å². The first-order valence-electron chi connectivity index (χ1n) is 8.96. The number of nitrogens with zero attached hydrogens (tertiary/aromatic N) is 1. The molecule has 1 heterocycles. The third-order valence-electron chi connectivity index (χ3n) is 3.88. The molecular weight excluding hydrogens is 394 g/mol. The summed E-state index contributed by atoms with van der Waals surface area (Å²) in [6.45, 7) is 0.0726. The summed E-state index contributed by atoms with van der Waals surface area (Å²) in [5, 5.41) is 15.0. The molecule has 0 atom stereocenters. The van der Waals surface area contributed by atoms with Crippen LogP contribution in [0.5, 0.6) is 17.2 Å². The number of para-hydroxylation sites is 1. The van der Waals surface area contributed by atoms with Gasteiger partial charge in [0.2, 0.25) is 0 Å². The molecule has 0 fully saturated rings. The Labute approximate surface area is 171 Å². The zero-order chi connectivity index (χ0) is 21.3. The van der Waals surface area contributed by atoms with Gasteiger partial charge in [0.05, 0.1) is 12.8 Å². The van der Waals surface area contributed by atoms with E-state index in [1.807, 2.05) is 0 Å². The predicted octanol–water partition coefficient (Wildman–Crippen LogP) is 0.801. The van der Waals surface area contributed by atoms with Gasteiger partial charge < -0.3 is 24.6 Å². The van der Waals surface area contributed by atoms with Gasteiger partial charge in [-0.1, -0.05) is 12.1 Å². The van der Waals surface area contributed by atoms with Gasteiger partial charge in [0, 0.05) is 11.1 Å². The number of carbonyl (C=O) groups excluding carboxylic acids is 2. The summed E-state index contributed by atoms with van der Waals surface area (Å²) >= 11 is 0. The molecule has 0 radical (unpaired) electrons. The van der Waals surface area contributed by atoms with Gasteiger partial charge >= 0.3 is 5.97 Å². The van der Waals surface area contributed by atoms with Crippen LogP contribution in [0.25, 0.3) is 0 Å². The lowest BCUT2D eigenvalue weighted by atomic mass is 10.2. The van der Waals surface area contributed by atoms with Gasteiger partial charge in [-0.3, -0.25) is 9.59 Å². The molecule has 2 aromatic carbocycles. The normalized spacial score (nSPS) is 12.3. The van der Waals surface area contributed by atoms with E-state index in [4.69, 9.17) is 19.3 Å². The zero-order valence-electron chi connectivity index (χ0n) is 15.8. The average Bonchev–Trinajstić information content (AvgIpc) is 2.76. The van der Waals surface area contributed by atoms with E-state index in [-0.39, 0.29) is 6.54 Å². The molecule has 3 rings (SSSR count). The highest BCUT2D eigenvalue weighted by molar-refractivity contribution is 5.97. The second-order valence-electron chi connectivity index (χ2n) is 6.05. The molecule has 0 saturated carbocycles. The smallest absolute Gasteiger partial charge is 0.341 e. The number of benzene rings is 2. The molecule has 2 aromatic rings. The molecule has 0 bridgehead atoms.